The minimum atomic E-state index is -1.04. The Morgan fingerprint density at radius 1 is 1.10 bits per heavy atom. The van der Waals surface area contributed by atoms with E-state index in [2.05, 4.69) is 59.5 Å². The number of urea groups is 1. The minimum Gasteiger partial charge on any atom is -0.478 e. The summed E-state index contributed by atoms with van der Waals surface area (Å²) in [5.74, 6) is -0.792. The van der Waals surface area contributed by atoms with Crippen molar-refractivity contribution in [1.82, 2.24) is 24.9 Å². The molecule has 0 bridgehead atoms. The fourth-order valence-electron chi connectivity index (χ4n) is 6.81. The van der Waals surface area contributed by atoms with Gasteiger partial charge in [-0.05, 0) is 76.3 Å². The number of carboxylic acid groups (broad SMARTS) is 1. The smallest absolute Gasteiger partial charge is 0.335 e. The lowest BCUT2D eigenvalue weighted by Gasteiger charge is -2.51. The first-order valence-electron chi connectivity index (χ1n) is 14.1. The van der Waals surface area contributed by atoms with Gasteiger partial charge in [0, 0.05) is 31.9 Å². The Balaban J connectivity index is 1.32. The highest BCUT2D eigenvalue weighted by atomic mass is 16.4. The molecule has 5 rings (SSSR count). The standard InChI is InChI=1S/C30H41N5O4/c1-32(2)30(24-10-5-4-6-11-24)15-13-29(14-16-30)21-34(28(39)35(29)19-22-8-7-9-22)20-26(36)31-25-18-23(27(37)38)12-17-33(25)3/h4-6,10-12,17-18,22,25H,7-9,13-16,19-21H2,1-3H3,(H,31,36)(H,37,38). The maximum Gasteiger partial charge on any atom is 0.335 e. The van der Waals surface area contributed by atoms with Crippen LogP contribution >= 0.6 is 0 Å². The number of nitrogens with one attached hydrogen (secondary N) is 1. The van der Waals surface area contributed by atoms with E-state index >= 15 is 0 Å². The van der Waals surface area contributed by atoms with Crippen LogP contribution in [-0.4, -0.2) is 95.1 Å². The molecule has 210 valence electrons. The summed E-state index contributed by atoms with van der Waals surface area (Å²) < 4.78 is 0. The number of benzene rings is 1. The lowest BCUT2D eigenvalue weighted by molar-refractivity contribution is -0.132. The van der Waals surface area contributed by atoms with Crippen molar-refractivity contribution < 1.29 is 19.5 Å². The largest absolute Gasteiger partial charge is 0.478 e. The molecule has 1 atom stereocenters. The number of nitrogens with zero attached hydrogens (tertiary/aromatic N) is 4. The summed E-state index contributed by atoms with van der Waals surface area (Å²) in [6, 6.07) is 10.6. The zero-order chi connectivity index (χ0) is 27.8. The van der Waals surface area contributed by atoms with Crippen LogP contribution in [0.25, 0.3) is 0 Å². The van der Waals surface area contributed by atoms with Crippen LogP contribution in [0.15, 0.2) is 54.3 Å². The number of aliphatic carboxylic acids is 1. The Bertz CT molecular complexity index is 1150. The first kappa shape index (κ1) is 27.2. The van der Waals surface area contributed by atoms with Crippen LogP contribution in [0, 0.1) is 5.92 Å². The summed E-state index contributed by atoms with van der Waals surface area (Å²) in [7, 11) is 6.07. The van der Waals surface area contributed by atoms with E-state index in [1.54, 1.807) is 23.0 Å². The van der Waals surface area contributed by atoms with E-state index in [0.29, 0.717) is 12.5 Å². The zero-order valence-electron chi connectivity index (χ0n) is 23.3. The van der Waals surface area contributed by atoms with Crippen molar-refractivity contribution in [2.24, 2.45) is 5.92 Å². The van der Waals surface area contributed by atoms with Gasteiger partial charge in [-0.3, -0.25) is 9.69 Å². The van der Waals surface area contributed by atoms with Gasteiger partial charge >= 0.3 is 12.0 Å². The van der Waals surface area contributed by atoms with Gasteiger partial charge in [0.1, 0.15) is 12.7 Å². The third kappa shape index (κ3) is 5.16. The van der Waals surface area contributed by atoms with Crippen molar-refractivity contribution in [1.29, 1.82) is 0 Å². The Labute approximate surface area is 231 Å². The Hall–Kier alpha value is -3.33. The van der Waals surface area contributed by atoms with Gasteiger partial charge in [0.15, 0.2) is 0 Å². The molecule has 2 N–H and O–H groups in total. The number of hydrogen-bond donors (Lipinski definition) is 2. The lowest BCUT2D eigenvalue weighted by atomic mass is 9.68. The highest BCUT2D eigenvalue weighted by molar-refractivity contribution is 5.90. The third-order valence-corrected chi connectivity index (χ3v) is 9.56. The molecule has 1 unspecified atom stereocenters. The number of likely N-dealkylation sites (N-methyl/N-ethyl adjacent to an activating group) is 1. The van der Waals surface area contributed by atoms with Gasteiger partial charge < -0.3 is 25.1 Å². The van der Waals surface area contributed by atoms with Crippen LogP contribution in [0.4, 0.5) is 4.79 Å². The molecule has 0 aromatic heterocycles. The van der Waals surface area contributed by atoms with Crippen molar-refractivity contribution in [2.75, 3.05) is 40.8 Å². The van der Waals surface area contributed by atoms with E-state index in [4.69, 9.17) is 0 Å². The second-order valence-corrected chi connectivity index (χ2v) is 12.0. The molecule has 39 heavy (non-hydrogen) atoms. The minimum absolute atomic E-state index is 0.0381. The van der Waals surface area contributed by atoms with E-state index in [1.165, 1.54) is 24.1 Å². The quantitative estimate of drug-likeness (QED) is 0.531. The molecular weight excluding hydrogens is 494 g/mol. The second kappa shape index (κ2) is 10.7. The van der Waals surface area contributed by atoms with Gasteiger partial charge in [0.25, 0.3) is 0 Å². The number of hydrogen-bond acceptors (Lipinski definition) is 5. The monoisotopic (exact) mass is 535 g/mol. The van der Waals surface area contributed by atoms with Crippen molar-refractivity contribution in [3.05, 3.63) is 59.8 Å². The maximum atomic E-state index is 13.8. The molecular formula is C30H41N5O4. The molecule has 4 aliphatic rings. The molecule has 9 nitrogen and oxygen atoms in total. The molecule has 1 aromatic carbocycles. The highest BCUT2D eigenvalue weighted by Gasteiger charge is 2.55. The average molecular weight is 536 g/mol. The zero-order valence-corrected chi connectivity index (χ0v) is 23.3. The highest BCUT2D eigenvalue weighted by Crippen LogP contribution is 2.49. The van der Waals surface area contributed by atoms with Crippen LogP contribution in [0.1, 0.15) is 50.5 Å². The molecule has 2 heterocycles. The fourth-order valence-corrected chi connectivity index (χ4v) is 6.81. The predicted octanol–water partition coefficient (Wildman–Crippen LogP) is 3.21. The Kier molecular flexibility index (Phi) is 7.46. The normalized spacial score (nSPS) is 29.1. The van der Waals surface area contributed by atoms with E-state index in [-0.39, 0.29) is 35.1 Å². The van der Waals surface area contributed by atoms with E-state index in [1.807, 2.05) is 0 Å². The number of carbonyl (C=O) groups excluding carboxylic acids is 2. The fraction of sp³-hybridized carbons (Fsp3) is 0.567. The summed E-state index contributed by atoms with van der Waals surface area (Å²) in [4.78, 5) is 46.2. The molecule has 2 saturated carbocycles. The summed E-state index contributed by atoms with van der Waals surface area (Å²) in [5, 5.41) is 12.2. The van der Waals surface area contributed by atoms with Crippen LogP contribution in [0.3, 0.4) is 0 Å². The van der Waals surface area contributed by atoms with Crippen LogP contribution < -0.4 is 5.32 Å². The molecule has 2 aliphatic heterocycles. The van der Waals surface area contributed by atoms with Gasteiger partial charge in [-0.2, -0.15) is 0 Å². The van der Waals surface area contributed by atoms with Gasteiger partial charge in [-0.15, -0.1) is 0 Å². The maximum absolute atomic E-state index is 13.8. The van der Waals surface area contributed by atoms with Gasteiger partial charge in [0.05, 0.1) is 11.1 Å². The molecule has 0 radical (unpaired) electrons. The summed E-state index contributed by atoms with van der Waals surface area (Å²) in [6.45, 7) is 1.27. The Morgan fingerprint density at radius 2 is 1.79 bits per heavy atom. The van der Waals surface area contributed by atoms with Crippen LogP contribution in [-0.2, 0) is 15.1 Å². The van der Waals surface area contributed by atoms with Crippen LogP contribution in [0.2, 0.25) is 0 Å². The SMILES string of the molecule is CN1C=CC(C(=O)O)=CC1NC(=O)CN1CC2(CCC(c3ccccc3)(N(C)C)CC2)N(CC2CCC2)C1=O. The third-order valence-electron chi connectivity index (χ3n) is 9.56. The summed E-state index contributed by atoms with van der Waals surface area (Å²) in [6.07, 6.45) is 11.3. The van der Waals surface area contributed by atoms with Crippen molar-refractivity contribution in [2.45, 2.75) is 62.2 Å². The molecule has 3 amide bonds. The Morgan fingerprint density at radius 3 is 2.38 bits per heavy atom. The van der Waals surface area contributed by atoms with Crippen molar-refractivity contribution in [3.8, 4) is 0 Å². The molecule has 2 aliphatic carbocycles. The molecule has 1 aromatic rings. The van der Waals surface area contributed by atoms with E-state index < -0.39 is 12.1 Å². The van der Waals surface area contributed by atoms with Crippen molar-refractivity contribution in [3.63, 3.8) is 0 Å². The summed E-state index contributed by atoms with van der Waals surface area (Å²) in [5.41, 5.74) is 1.10. The molecule has 9 heteroatoms. The van der Waals surface area contributed by atoms with E-state index in [0.717, 1.165) is 45.1 Å². The van der Waals surface area contributed by atoms with Gasteiger partial charge in [-0.25, -0.2) is 9.59 Å². The van der Waals surface area contributed by atoms with Gasteiger partial charge in [-0.1, -0.05) is 36.8 Å². The number of carboxylic acids is 1. The average Bonchev–Trinajstić information content (AvgIpc) is 3.13. The number of carbonyl (C=O) groups is 3. The number of rotatable bonds is 8. The summed E-state index contributed by atoms with van der Waals surface area (Å²) >= 11 is 0. The van der Waals surface area contributed by atoms with Gasteiger partial charge in [0.2, 0.25) is 5.91 Å². The molecule has 3 fully saturated rings. The van der Waals surface area contributed by atoms with Crippen molar-refractivity contribution >= 4 is 17.9 Å². The first-order chi connectivity index (χ1) is 18.6. The second-order valence-electron chi connectivity index (χ2n) is 12.0. The van der Waals surface area contributed by atoms with Crippen LogP contribution in [0.5, 0.6) is 0 Å². The van der Waals surface area contributed by atoms with E-state index in [9.17, 15) is 19.5 Å². The lowest BCUT2D eigenvalue weighted by Crippen LogP contribution is -2.56. The number of amides is 3. The molecule has 1 spiro atoms. The predicted molar refractivity (Wildman–Crippen MR) is 149 cm³/mol. The molecule has 1 saturated heterocycles. The first-order valence-corrected chi connectivity index (χ1v) is 14.1. The topological polar surface area (TPSA) is 96.4 Å².